The van der Waals surface area contributed by atoms with Crippen molar-refractivity contribution in [2.45, 2.75) is 37.6 Å². The van der Waals surface area contributed by atoms with Gasteiger partial charge in [0, 0.05) is 43.2 Å². The van der Waals surface area contributed by atoms with Gasteiger partial charge in [0.1, 0.15) is 24.8 Å². The lowest BCUT2D eigenvalue weighted by molar-refractivity contribution is -0.139. The van der Waals surface area contributed by atoms with Gasteiger partial charge in [-0.2, -0.15) is 20.4 Å². The van der Waals surface area contributed by atoms with Crippen LogP contribution in [0.4, 0.5) is 10.2 Å². The van der Waals surface area contributed by atoms with Crippen LogP contribution < -0.4 is 16.0 Å². The van der Waals surface area contributed by atoms with E-state index in [1.807, 2.05) is 0 Å². The quantitative estimate of drug-likeness (QED) is 0.314. The minimum Gasteiger partial charge on any atom is -0.364 e. The normalized spacial score (nSPS) is 20.4. The predicted octanol–water partition coefficient (Wildman–Crippen LogP) is 0.186. The summed E-state index contributed by atoms with van der Waals surface area (Å²) < 4.78 is 17.5. The molecule has 2 aliphatic rings. The van der Waals surface area contributed by atoms with Crippen molar-refractivity contribution in [1.82, 2.24) is 40.0 Å². The number of anilines is 1. The minimum absolute atomic E-state index is 0.0297. The number of aromatic nitrogens is 6. The molecule has 3 unspecified atom stereocenters. The molecule has 15 heteroatoms. The van der Waals surface area contributed by atoms with E-state index in [4.69, 9.17) is 5.73 Å². The van der Waals surface area contributed by atoms with Crippen molar-refractivity contribution in [2.24, 2.45) is 12.8 Å². The van der Waals surface area contributed by atoms with E-state index in [2.05, 4.69) is 25.7 Å². The van der Waals surface area contributed by atoms with Crippen molar-refractivity contribution in [3.8, 4) is 11.1 Å². The van der Waals surface area contributed by atoms with E-state index in [-0.39, 0.29) is 31.1 Å². The fraction of sp³-hybridized carbons (Fsp3) is 0.333. The van der Waals surface area contributed by atoms with Crippen LogP contribution in [0.25, 0.3) is 22.0 Å². The van der Waals surface area contributed by atoms with E-state index in [0.29, 0.717) is 29.7 Å². The Morgan fingerprint density at radius 1 is 1.12 bits per heavy atom. The third-order valence-electron chi connectivity index (χ3n) is 7.56. The molecule has 14 nitrogen and oxygen atoms in total. The lowest BCUT2D eigenvalue weighted by Gasteiger charge is -2.25. The molecule has 0 saturated carbocycles. The number of carbonyl (C=O) groups excluding carboxylic acids is 4. The standard InChI is InChI=1S/C27H27FN10O4/c1-35-8-6-22(33-35)36-9-5-19(27(36)42)32-26(41)21-11-17(28)13-37(21)23(39)14-38-20-3-2-15(16-4-7-30-31-12-16)10-18(20)24(34-38)25(29)40/h2-4,6-8,10,12,17,19,21H,5,9,11,13-14H2,1H3,(H2,29,40)(H,32,41). The average molecular weight is 575 g/mol. The summed E-state index contributed by atoms with van der Waals surface area (Å²) in [6.45, 7) is -0.267. The van der Waals surface area contributed by atoms with Gasteiger partial charge in [0.2, 0.25) is 11.8 Å². The molecule has 0 aliphatic carbocycles. The molecule has 5 heterocycles. The molecule has 0 spiro atoms. The van der Waals surface area contributed by atoms with Crippen LogP contribution >= 0.6 is 0 Å². The summed E-state index contributed by atoms with van der Waals surface area (Å²) in [7, 11) is 1.74. The van der Waals surface area contributed by atoms with Crippen molar-refractivity contribution in [3.05, 3.63) is 54.6 Å². The highest BCUT2D eigenvalue weighted by molar-refractivity contribution is 6.05. The summed E-state index contributed by atoms with van der Waals surface area (Å²) in [5.41, 5.74) is 7.52. The number of aryl methyl sites for hydroxylation is 1. The second-order valence-electron chi connectivity index (χ2n) is 10.3. The van der Waals surface area contributed by atoms with Gasteiger partial charge in [0.15, 0.2) is 11.5 Å². The number of alkyl halides is 1. The van der Waals surface area contributed by atoms with Gasteiger partial charge >= 0.3 is 0 Å². The zero-order chi connectivity index (χ0) is 29.5. The number of hydrogen-bond donors (Lipinski definition) is 2. The van der Waals surface area contributed by atoms with Crippen LogP contribution in [-0.4, -0.2) is 89.6 Å². The van der Waals surface area contributed by atoms with Gasteiger partial charge in [-0.25, -0.2) is 4.39 Å². The lowest BCUT2D eigenvalue weighted by atomic mass is 10.0. The number of amides is 4. The first-order chi connectivity index (χ1) is 20.2. The molecule has 3 atom stereocenters. The molecule has 2 fully saturated rings. The molecule has 4 aromatic rings. The highest BCUT2D eigenvalue weighted by Gasteiger charge is 2.42. The molecule has 3 aromatic heterocycles. The van der Waals surface area contributed by atoms with Crippen LogP contribution in [0.1, 0.15) is 23.3 Å². The van der Waals surface area contributed by atoms with Gasteiger partial charge in [0.25, 0.3) is 11.8 Å². The molecular formula is C27H27FN10O4. The van der Waals surface area contributed by atoms with Crippen molar-refractivity contribution in [1.29, 1.82) is 0 Å². The monoisotopic (exact) mass is 574 g/mol. The number of nitrogens with one attached hydrogen (secondary N) is 1. The van der Waals surface area contributed by atoms with E-state index in [9.17, 15) is 23.6 Å². The molecule has 3 N–H and O–H groups in total. The highest BCUT2D eigenvalue weighted by Crippen LogP contribution is 2.28. The molecule has 0 radical (unpaired) electrons. The van der Waals surface area contributed by atoms with Gasteiger partial charge < -0.3 is 16.0 Å². The Morgan fingerprint density at radius 3 is 2.67 bits per heavy atom. The van der Waals surface area contributed by atoms with Crippen LogP contribution in [0.3, 0.4) is 0 Å². The fourth-order valence-corrected chi connectivity index (χ4v) is 5.51. The fourth-order valence-electron chi connectivity index (χ4n) is 5.51. The maximum Gasteiger partial charge on any atom is 0.269 e. The second kappa shape index (κ2) is 10.6. The van der Waals surface area contributed by atoms with E-state index in [0.717, 1.165) is 16.0 Å². The van der Waals surface area contributed by atoms with Gasteiger partial charge in [-0.05, 0) is 30.2 Å². The Kier molecular flexibility index (Phi) is 6.84. The third-order valence-corrected chi connectivity index (χ3v) is 7.56. The maximum atomic E-state index is 14.6. The first-order valence-corrected chi connectivity index (χ1v) is 13.3. The molecule has 2 aliphatic heterocycles. The number of hydrogen-bond acceptors (Lipinski definition) is 8. The van der Waals surface area contributed by atoms with Crippen LogP contribution in [0, 0.1) is 0 Å². The summed E-state index contributed by atoms with van der Waals surface area (Å²) in [6, 6.07) is 6.74. The molecule has 6 rings (SSSR count). The van der Waals surface area contributed by atoms with E-state index in [1.165, 1.54) is 15.8 Å². The number of benzene rings is 1. The predicted molar refractivity (Wildman–Crippen MR) is 146 cm³/mol. The molecule has 0 bridgehead atoms. The Labute approximate surface area is 238 Å². The molecule has 42 heavy (non-hydrogen) atoms. The number of likely N-dealkylation sites (tertiary alicyclic amines) is 1. The first-order valence-electron chi connectivity index (χ1n) is 13.3. The Morgan fingerprint density at radius 2 is 1.95 bits per heavy atom. The van der Waals surface area contributed by atoms with E-state index < -0.39 is 36.0 Å². The van der Waals surface area contributed by atoms with Crippen LogP contribution in [0.5, 0.6) is 0 Å². The first kappa shape index (κ1) is 27.0. The average Bonchev–Trinajstić information content (AvgIpc) is 3.75. The van der Waals surface area contributed by atoms with Crippen molar-refractivity contribution < 1.29 is 23.6 Å². The number of nitrogens with zero attached hydrogens (tertiary/aromatic N) is 8. The molecule has 2 saturated heterocycles. The van der Waals surface area contributed by atoms with Gasteiger partial charge in [-0.3, -0.25) is 33.4 Å². The molecule has 216 valence electrons. The van der Waals surface area contributed by atoms with Gasteiger partial charge in [0.05, 0.1) is 24.5 Å². The zero-order valence-electron chi connectivity index (χ0n) is 22.6. The van der Waals surface area contributed by atoms with Crippen molar-refractivity contribution in [3.63, 3.8) is 0 Å². The van der Waals surface area contributed by atoms with Crippen LogP contribution in [0.15, 0.2) is 48.9 Å². The van der Waals surface area contributed by atoms with Crippen LogP contribution in [0.2, 0.25) is 0 Å². The Hall–Kier alpha value is -5.21. The number of rotatable bonds is 7. The largest absolute Gasteiger partial charge is 0.364 e. The summed E-state index contributed by atoms with van der Waals surface area (Å²) >= 11 is 0. The Balaban J connectivity index is 1.19. The zero-order valence-corrected chi connectivity index (χ0v) is 22.6. The minimum atomic E-state index is -1.42. The second-order valence-corrected chi connectivity index (χ2v) is 10.3. The number of carbonyl (C=O) groups is 4. The summed E-state index contributed by atoms with van der Waals surface area (Å²) in [5, 5.41) is 19.3. The van der Waals surface area contributed by atoms with E-state index >= 15 is 0 Å². The maximum absolute atomic E-state index is 14.6. The Bertz CT molecular complexity index is 1700. The molecular weight excluding hydrogens is 547 g/mol. The molecule has 4 amide bonds. The number of nitrogens with two attached hydrogens (primary N) is 1. The smallest absolute Gasteiger partial charge is 0.269 e. The van der Waals surface area contributed by atoms with Gasteiger partial charge in [-0.15, -0.1) is 0 Å². The third kappa shape index (κ3) is 4.93. The van der Waals surface area contributed by atoms with E-state index in [1.54, 1.807) is 54.5 Å². The number of primary amides is 1. The van der Waals surface area contributed by atoms with Crippen LogP contribution in [-0.2, 0) is 28.0 Å². The highest BCUT2D eigenvalue weighted by atomic mass is 19.1. The lowest BCUT2D eigenvalue weighted by Crippen LogP contribution is -2.51. The molecule has 1 aromatic carbocycles. The summed E-state index contributed by atoms with van der Waals surface area (Å²) in [6.07, 6.45) is 3.56. The topological polar surface area (TPSA) is 174 Å². The van der Waals surface area contributed by atoms with Crippen molar-refractivity contribution >= 4 is 40.3 Å². The SMILES string of the molecule is Cn1ccc(N2CCC(NC(=O)C3CC(F)CN3C(=O)Cn3nc(C(N)=O)c4cc(-c5ccnnc5)ccc43)C2=O)n1. The van der Waals surface area contributed by atoms with Gasteiger partial charge in [-0.1, -0.05) is 6.07 Å². The summed E-state index contributed by atoms with van der Waals surface area (Å²) in [4.78, 5) is 54.4. The number of fused-ring (bicyclic) bond motifs is 1. The van der Waals surface area contributed by atoms with Crippen molar-refractivity contribution in [2.75, 3.05) is 18.0 Å². The number of halogens is 1. The summed E-state index contributed by atoms with van der Waals surface area (Å²) in [5.74, 6) is -1.79.